The van der Waals surface area contributed by atoms with E-state index in [4.69, 9.17) is 4.98 Å². The Hall–Kier alpha value is -0.410. The Kier molecular flexibility index (Phi) is 5.62. The SMILES string of the molecule is CCCNC1(c2nc(CC)c(C)s2)CCCC(C)CC1. The Morgan fingerprint density at radius 2 is 2.10 bits per heavy atom. The van der Waals surface area contributed by atoms with Gasteiger partial charge in [-0.05, 0) is 51.5 Å². The van der Waals surface area contributed by atoms with E-state index >= 15 is 0 Å². The summed E-state index contributed by atoms with van der Waals surface area (Å²) in [7, 11) is 0. The average molecular weight is 295 g/mol. The molecule has 2 unspecified atom stereocenters. The number of aryl methyl sites for hydroxylation is 2. The zero-order valence-corrected chi connectivity index (χ0v) is 14.4. The van der Waals surface area contributed by atoms with Crippen molar-refractivity contribution >= 4 is 11.3 Å². The van der Waals surface area contributed by atoms with Crippen LogP contribution in [0.2, 0.25) is 0 Å². The fraction of sp³-hybridized carbons (Fsp3) is 0.824. The normalized spacial score (nSPS) is 27.5. The van der Waals surface area contributed by atoms with Gasteiger partial charge in [-0.1, -0.05) is 33.6 Å². The Morgan fingerprint density at radius 1 is 1.30 bits per heavy atom. The van der Waals surface area contributed by atoms with E-state index in [2.05, 4.69) is 33.0 Å². The molecule has 2 atom stereocenters. The summed E-state index contributed by atoms with van der Waals surface area (Å²) in [6.07, 6.45) is 8.80. The molecule has 3 heteroatoms. The van der Waals surface area contributed by atoms with Crippen LogP contribution in [-0.4, -0.2) is 11.5 Å². The summed E-state index contributed by atoms with van der Waals surface area (Å²) in [6, 6.07) is 0. The lowest BCUT2D eigenvalue weighted by Gasteiger charge is -2.32. The lowest BCUT2D eigenvalue weighted by atomic mass is 9.90. The summed E-state index contributed by atoms with van der Waals surface area (Å²) in [5, 5.41) is 5.23. The molecule has 20 heavy (non-hydrogen) atoms. The lowest BCUT2D eigenvalue weighted by molar-refractivity contribution is 0.286. The Balaban J connectivity index is 2.29. The minimum Gasteiger partial charge on any atom is -0.305 e. The molecule has 1 fully saturated rings. The van der Waals surface area contributed by atoms with Crippen LogP contribution in [0.1, 0.15) is 74.9 Å². The van der Waals surface area contributed by atoms with Gasteiger partial charge in [-0.25, -0.2) is 4.98 Å². The predicted molar refractivity (Wildman–Crippen MR) is 88.4 cm³/mol. The molecule has 0 amide bonds. The van der Waals surface area contributed by atoms with Gasteiger partial charge in [0.2, 0.25) is 0 Å². The summed E-state index contributed by atoms with van der Waals surface area (Å²) in [5.74, 6) is 0.868. The van der Waals surface area contributed by atoms with Gasteiger partial charge in [0.1, 0.15) is 5.01 Å². The minimum absolute atomic E-state index is 0.156. The molecule has 0 spiro atoms. The zero-order chi connectivity index (χ0) is 14.6. The average Bonchev–Trinajstić information content (AvgIpc) is 2.72. The highest BCUT2D eigenvalue weighted by molar-refractivity contribution is 7.11. The van der Waals surface area contributed by atoms with E-state index in [0.717, 1.165) is 18.9 Å². The number of nitrogens with zero attached hydrogens (tertiary/aromatic N) is 1. The molecule has 0 bridgehead atoms. The van der Waals surface area contributed by atoms with E-state index in [9.17, 15) is 0 Å². The highest BCUT2D eigenvalue weighted by Crippen LogP contribution is 2.40. The number of aromatic nitrogens is 1. The van der Waals surface area contributed by atoms with Gasteiger partial charge in [0.25, 0.3) is 0 Å². The topological polar surface area (TPSA) is 24.9 Å². The van der Waals surface area contributed by atoms with Crippen LogP contribution >= 0.6 is 11.3 Å². The molecule has 0 saturated heterocycles. The summed E-state index contributed by atoms with van der Waals surface area (Å²) < 4.78 is 0. The number of rotatable bonds is 5. The highest BCUT2D eigenvalue weighted by atomic mass is 32.1. The molecule has 1 aromatic heterocycles. The van der Waals surface area contributed by atoms with Crippen LogP contribution in [-0.2, 0) is 12.0 Å². The van der Waals surface area contributed by atoms with Gasteiger partial charge in [-0.15, -0.1) is 11.3 Å². The smallest absolute Gasteiger partial charge is 0.113 e. The third-order valence-corrected chi connectivity index (χ3v) is 5.93. The van der Waals surface area contributed by atoms with Crippen molar-refractivity contribution in [3.8, 4) is 0 Å². The maximum absolute atomic E-state index is 5.00. The maximum Gasteiger partial charge on any atom is 0.113 e. The molecule has 0 radical (unpaired) electrons. The summed E-state index contributed by atoms with van der Waals surface area (Å²) in [6.45, 7) is 10.2. The van der Waals surface area contributed by atoms with E-state index in [1.807, 2.05) is 11.3 Å². The van der Waals surface area contributed by atoms with Crippen molar-refractivity contribution in [3.05, 3.63) is 15.6 Å². The van der Waals surface area contributed by atoms with Crippen LogP contribution in [0.4, 0.5) is 0 Å². The van der Waals surface area contributed by atoms with Gasteiger partial charge in [0, 0.05) is 4.88 Å². The van der Waals surface area contributed by atoms with Crippen LogP contribution in [0, 0.1) is 12.8 Å². The van der Waals surface area contributed by atoms with E-state index in [-0.39, 0.29) is 5.54 Å². The molecule has 2 nitrogen and oxygen atoms in total. The molecular weight excluding hydrogens is 264 g/mol. The van der Waals surface area contributed by atoms with Crippen molar-refractivity contribution in [3.63, 3.8) is 0 Å². The van der Waals surface area contributed by atoms with Crippen LogP contribution in [0.15, 0.2) is 0 Å². The molecule has 1 saturated carbocycles. The Morgan fingerprint density at radius 3 is 2.75 bits per heavy atom. The number of thiazole rings is 1. The second kappa shape index (κ2) is 7.04. The molecule has 0 aromatic carbocycles. The third kappa shape index (κ3) is 3.43. The molecule has 0 aliphatic heterocycles. The molecule has 1 heterocycles. The molecular formula is C17H30N2S. The van der Waals surface area contributed by atoms with E-state index in [1.54, 1.807) is 0 Å². The summed E-state index contributed by atoms with van der Waals surface area (Å²) >= 11 is 1.93. The first-order chi connectivity index (χ1) is 9.61. The van der Waals surface area contributed by atoms with E-state index < -0.39 is 0 Å². The zero-order valence-electron chi connectivity index (χ0n) is 13.6. The first kappa shape index (κ1) is 16.0. The van der Waals surface area contributed by atoms with Crippen molar-refractivity contribution < 1.29 is 0 Å². The largest absolute Gasteiger partial charge is 0.305 e. The second-order valence-electron chi connectivity index (χ2n) is 6.42. The van der Waals surface area contributed by atoms with Gasteiger partial charge in [0.05, 0.1) is 11.2 Å². The molecule has 2 rings (SSSR count). The third-order valence-electron chi connectivity index (χ3n) is 4.71. The second-order valence-corrected chi connectivity index (χ2v) is 7.62. The lowest BCUT2D eigenvalue weighted by Crippen LogP contribution is -2.42. The quantitative estimate of drug-likeness (QED) is 0.788. The van der Waals surface area contributed by atoms with Gasteiger partial charge in [-0.3, -0.25) is 0 Å². The Bertz CT molecular complexity index is 423. The van der Waals surface area contributed by atoms with Gasteiger partial charge in [-0.2, -0.15) is 0 Å². The molecule has 1 aliphatic carbocycles. The summed E-state index contributed by atoms with van der Waals surface area (Å²) in [4.78, 5) is 6.41. The molecule has 114 valence electrons. The van der Waals surface area contributed by atoms with Gasteiger partial charge < -0.3 is 5.32 Å². The van der Waals surface area contributed by atoms with Crippen molar-refractivity contribution in [1.82, 2.24) is 10.3 Å². The molecule has 1 aliphatic rings. The van der Waals surface area contributed by atoms with Crippen LogP contribution in [0.5, 0.6) is 0 Å². The predicted octanol–water partition coefficient (Wildman–Crippen LogP) is 4.81. The fourth-order valence-corrected chi connectivity index (χ4v) is 4.53. The van der Waals surface area contributed by atoms with Crippen LogP contribution in [0.3, 0.4) is 0 Å². The molecule has 1 N–H and O–H groups in total. The van der Waals surface area contributed by atoms with Crippen molar-refractivity contribution in [2.75, 3.05) is 6.54 Å². The number of hydrogen-bond acceptors (Lipinski definition) is 3. The van der Waals surface area contributed by atoms with Crippen molar-refractivity contribution in [2.45, 2.75) is 78.2 Å². The van der Waals surface area contributed by atoms with Crippen LogP contribution < -0.4 is 5.32 Å². The first-order valence-electron chi connectivity index (χ1n) is 8.33. The van der Waals surface area contributed by atoms with Gasteiger partial charge >= 0.3 is 0 Å². The van der Waals surface area contributed by atoms with E-state index in [1.165, 1.54) is 54.1 Å². The number of hydrogen-bond donors (Lipinski definition) is 1. The van der Waals surface area contributed by atoms with Crippen LogP contribution in [0.25, 0.3) is 0 Å². The van der Waals surface area contributed by atoms with Crippen molar-refractivity contribution in [1.29, 1.82) is 0 Å². The molecule has 1 aromatic rings. The van der Waals surface area contributed by atoms with Gasteiger partial charge in [0.15, 0.2) is 0 Å². The van der Waals surface area contributed by atoms with Crippen molar-refractivity contribution in [2.24, 2.45) is 5.92 Å². The minimum atomic E-state index is 0.156. The number of nitrogens with one attached hydrogen (secondary N) is 1. The van der Waals surface area contributed by atoms with E-state index in [0.29, 0.717) is 0 Å². The fourth-order valence-electron chi connectivity index (χ4n) is 3.31. The standard InChI is InChI=1S/C17H30N2S/c1-5-12-18-17(10-7-8-13(3)9-11-17)16-19-15(6-2)14(4)20-16/h13,18H,5-12H2,1-4H3. The first-order valence-corrected chi connectivity index (χ1v) is 9.14. The highest BCUT2D eigenvalue weighted by Gasteiger charge is 2.36. The maximum atomic E-state index is 5.00. The summed E-state index contributed by atoms with van der Waals surface area (Å²) in [5.41, 5.74) is 1.46. The Labute approximate surface area is 128 Å². The monoisotopic (exact) mass is 294 g/mol.